The van der Waals surface area contributed by atoms with E-state index in [-0.39, 0.29) is 5.41 Å². The number of aromatic nitrogens is 3. The Morgan fingerprint density at radius 2 is 0.950 bits per heavy atom. The lowest BCUT2D eigenvalue weighted by molar-refractivity contribution is 0.232. The van der Waals surface area contributed by atoms with Crippen LogP contribution in [-0.4, -0.2) is 15.0 Å². The molecule has 288 valence electrons. The van der Waals surface area contributed by atoms with Crippen LogP contribution >= 0.6 is 0 Å². The molecule has 11 rings (SSSR count). The van der Waals surface area contributed by atoms with Crippen LogP contribution in [0.2, 0.25) is 0 Å². The highest BCUT2D eigenvalue weighted by Gasteiger charge is 2.47. The highest BCUT2D eigenvalue weighted by atomic mass is 15.0. The normalized spacial score (nSPS) is 19.6. The molecule has 3 aliphatic carbocycles. The average molecular weight is 773 g/mol. The van der Waals surface area contributed by atoms with E-state index in [2.05, 4.69) is 165 Å². The maximum absolute atomic E-state index is 9.58. The Hall–Kier alpha value is -6.96. The minimum Gasteiger partial charge on any atom is -0.208 e. The first-order valence-electron chi connectivity index (χ1n) is 21.3. The van der Waals surface area contributed by atoms with Crippen molar-refractivity contribution in [3.63, 3.8) is 0 Å². The van der Waals surface area contributed by atoms with Crippen molar-refractivity contribution >= 4 is 0 Å². The maximum Gasteiger partial charge on any atom is 0.164 e. The van der Waals surface area contributed by atoms with Crippen molar-refractivity contribution in [1.82, 2.24) is 15.0 Å². The largest absolute Gasteiger partial charge is 0.208 e. The molecule has 0 amide bonds. The third-order valence-electron chi connectivity index (χ3n) is 13.8. The van der Waals surface area contributed by atoms with Crippen LogP contribution < -0.4 is 0 Å². The smallest absolute Gasteiger partial charge is 0.164 e. The van der Waals surface area contributed by atoms with E-state index in [9.17, 15) is 5.26 Å². The predicted molar refractivity (Wildman–Crippen MR) is 241 cm³/mol. The third kappa shape index (κ3) is 5.91. The minimum absolute atomic E-state index is 0.279. The zero-order valence-electron chi connectivity index (χ0n) is 33.7. The highest BCUT2D eigenvalue weighted by molar-refractivity contribution is 5.94. The van der Waals surface area contributed by atoms with Crippen LogP contribution in [-0.2, 0) is 10.8 Å². The molecule has 1 aromatic heterocycles. The summed E-state index contributed by atoms with van der Waals surface area (Å²) in [6, 6.07) is 64.7. The molecule has 1 heterocycles. The van der Waals surface area contributed by atoms with E-state index in [4.69, 9.17) is 15.0 Å². The van der Waals surface area contributed by atoms with Gasteiger partial charge in [-0.2, -0.15) is 5.26 Å². The summed E-state index contributed by atoms with van der Waals surface area (Å²) in [5.41, 5.74) is 14.0. The Bertz CT molecular complexity index is 2860. The lowest BCUT2D eigenvalue weighted by Crippen LogP contribution is -2.30. The van der Waals surface area contributed by atoms with Gasteiger partial charge in [0.05, 0.1) is 17.0 Å². The summed E-state index contributed by atoms with van der Waals surface area (Å²) in [5.74, 6) is 3.55. The van der Waals surface area contributed by atoms with Crippen LogP contribution in [0.5, 0.6) is 0 Å². The number of rotatable bonds is 7. The van der Waals surface area contributed by atoms with Crippen molar-refractivity contribution in [2.45, 2.75) is 49.9 Å². The van der Waals surface area contributed by atoms with Gasteiger partial charge < -0.3 is 0 Å². The molecular weight excluding hydrogens is 729 g/mol. The van der Waals surface area contributed by atoms with E-state index in [1.54, 1.807) is 0 Å². The van der Waals surface area contributed by atoms with Crippen molar-refractivity contribution in [1.29, 1.82) is 5.26 Å². The van der Waals surface area contributed by atoms with E-state index in [0.717, 1.165) is 45.2 Å². The lowest BCUT2D eigenvalue weighted by atomic mass is 9.66. The molecule has 4 nitrogen and oxygen atoms in total. The molecule has 2 bridgehead atoms. The van der Waals surface area contributed by atoms with Gasteiger partial charge in [-0.3, -0.25) is 0 Å². The van der Waals surface area contributed by atoms with Crippen LogP contribution in [0.3, 0.4) is 0 Å². The van der Waals surface area contributed by atoms with Gasteiger partial charge >= 0.3 is 0 Å². The average Bonchev–Trinajstić information content (AvgIpc) is 3.83. The number of nitriles is 1. The summed E-state index contributed by atoms with van der Waals surface area (Å²) < 4.78 is 0. The minimum atomic E-state index is -0.544. The monoisotopic (exact) mass is 772 g/mol. The van der Waals surface area contributed by atoms with Crippen LogP contribution in [0.25, 0.3) is 56.4 Å². The first kappa shape index (κ1) is 36.1. The number of fused-ring (bicyclic) bond motifs is 5. The van der Waals surface area contributed by atoms with E-state index in [1.165, 1.54) is 65.5 Å². The molecule has 60 heavy (non-hydrogen) atoms. The fourth-order valence-electron chi connectivity index (χ4n) is 11.1. The molecule has 0 aliphatic heterocycles. The second-order valence-corrected chi connectivity index (χ2v) is 17.4. The van der Waals surface area contributed by atoms with Crippen molar-refractivity contribution in [2.24, 2.45) is 11.8 Å². The van der Waals surface area contributed by atoms with Crippen LogP contribution in [0.1, 0.15) is 72.4 Å². The predicted octanol–water partition coefficient (Wildman–Crippen LogP) is 13.2. The Morgan fingerprint density at radius 3 is 1.55 bits per heavy atom. The van der Waals surface area contributed by atoms with Gasteiger partial charge in [0.15, 0.2) is 17.5 Å². The SMILES string of the molecule is CC1(c2ccc(-c3ccc(-c4nc(-c5ccc(C#N)cc5)nc(-c5cccc6c5-c5ccccc5C6(c5ccccc5)c5ccccc5)n4)cc3)cc2)C[C@@H]2CC[C@H](C2)C1. The van der Waals surface area contributed by atoms with Crippen LogP contribution in [0, 0.1) is 23.2 Å². The Labute approximate surface area is 352 Å². The molecular formula is C56H44N4. The first-order chi connectivity index (χ1) is 29.5. The molecule has 2 saturated carbocycles. The third-order valence-corrected chi connectivity index (χ3v) is 13.8. The zero-order valence-corrected chi connectivity index (χ0v) is 33.7. The van der Waals surface area contributed by atoms with Gasteiger partial charge in [0.2, 0.25) is 0 Å². The number of hydrogen-bond donors (Lipinski definition) is 0. The second-order valence-electron chi connectivity index (χ2n) is 17.4. The van der Waals surface area contributed by atoms with Gasteiger partial charge in [0, 0.05) is 16.7 Å². The molecule has 2 fully saturated rings. The number of benzene rings is 7. The Balaban J connectivity index is 1.03. The quantitative estimate of drug-likeness (QED) is 0.162. The van der Waals surface area contributed by atoms with E-state index in [1.807, 2.05) is 24.3 Å². The van der Waals surface area contributed by atoms with Gasteiger partial charge in [0.25, 0.3) is 0 Å². The molecule has 8 aromatic rings. The molecule has 4 heteroatoms. The first-order valence-corrected chi connectivity index (χ1v) is 21.3. The fourth-order valence-corrected chi connectivity index (χ4v) is 11.1. The van der Waals surface area contributed by atoms with Crippen molar-refractivity contribution in [3.8, 4) is 62.5 Å². The molecule has 7 aromatic carbocycles. The van der Waals surface area contributed by atoms with Crippen molar-refractivity contribution < 1.29 is 0 Å². The van der Waals surface area contributed by atoms with Gasteiger partial charge in [-0.1, -0.05) is 171 Å². The topological polar surface area (TPSA) is 62.5 Å². The van der Waals surface area contributed by atoms with Crippen molar-refractivity contribution in [3.05, 3.63) is 209 Å². The summed E-state index contributed by atoms with van der Waals surface area (Å²) >= 11 is 0. The molecule has 0 saturated heterocycles. The number of nitrogens with zero attached hydrogens (tertiary/aromatic N) is 4. The van der Waals surface area contributed by atoms with E-state index >= 15 is 0 Å². The Morgan fingerprint density at radius 1 is 0.467 bits per heavy atom. The molecule has 0 N–H and O–H groups in total. The maximum atomic E-state index is 9.58. The van der Waals surface area contributed by atoms with E-state index < -0.39 is 5.41 Å². The van der Waals surface area contributed by atoms with Gasteiger partial charge in [-0.05, 0) is 111 Å². The Kier molecular flexibility index (Phi) is 8.67. The molecule has 0 unspecified atom stereocenters. The van der Waals surface area contributed by atoms with Crippen LogP contribution in [0.15, 0.2) is 176 Å². The summed E-state index contributed by atoms with van der Waals surface area (Å²) in [7, 11) is 0. The molecule has 0 spiro atoms. The highest BCUT2D eigenvalue weighted by Crippen LogP contribution is 2.58. The zero-order chi connectivity index (χ0) is 40.3. The molecule has 0 radical (unpaired) electrons. The standard InChI is InChI=1S/C56H44N4/c1-55(34-38-19-20-39(33-38)35-55)44-31-29-41(30-32-44)40-25-27-43(28-26-40)53-58-52(42-23-21-37(36-57)22-24-42)59-54(60-53)48-16-10-18-50-51(48)47-15-8-9-17-49(47)56(50,45-11-4-2-5-12-45)46-13-6-3-7-14-46/h2-18,21-32,38-39H,19-20,33-35H2,1H3/t38-,39-/m1/s1. The van der Waals surface area contributed by atoms with Gasteiger partial charge in [-0.15, -0.1) is 0 Å². The van der Waals surface area contributed by atoms with E-state index in [0.29, 0.717) is 23.0 Å². The summed E-state index contributed by atoms with van der Waals surface area (Å²) in [6.45, 7) is 2.49. The van der Waals surface area contributed by atoms with Gasteiger partial charge in [-0.25, -0.2) is 15.0 Å². The van der Waals surface area contributed by atoms with Crippen molar-refractivity contribution in [2.75, 3.05) is 0 Å². The number of hydrogen-bond acceptors (Lipinski definition) is 4. The molecule has 3 aliphatic rings. The fraction of sp³-hybridized carbons (Fsp3) is 0.179. The summed E-state index contributed by atoms with van der Waals surface area (Å²) in [4.78, 5) is 15.6. The second kappa shape index (κ2) is 14.4. The van der Waals surface area contributed by atoms with Gasteiger partial charge in [0.1, 0.15) is 0 Å². The molecule has 2 atom stereocenters. The summed E-state index contributed by atoms with van der Waals surface area (Å²) in [5, 5.41) is 9.58. The summed E-state index contributed by atoms with van der Waals surface area (Å²) in [6.07, 6.45) is 6.88. The lowest BCUT2D eigenvalue weighted by Gasteiger charge is -2.38. The van der Waals surface area contributed by atoms with Crippen LogP contribution in [0.4, 0.5) is 0 Å².